The number of anilines is 1. The Balaban J connectivity index is 0.00000225. The molecule has 0 aliphatic carbocycles. The Morgan fingerprint density at radius 2 is 2.04 bits per heavy atom. The van der Waals surface area contributed by atoms with Crippen LogP contribution in [0.2, 0.25) is 0 Å². The van der Waals surface area contributed by atoms with Gasteiger partial charge < -0.3 is 15.8 Å². The molecule has 6 nitrogen and oxygen atoms in total. The molecular formula is C18H25ClN4O2. The van der Waals surface area contributed by atoms with Crippen molar-refractivity contribution >= 4 is 24.0 Å². The van der Waals surface area contributed by atoms with Gasteiger partial charge in [-0.25, -0.2) is 4.68 Å². The second kappa shape index (κ2) is 7.99. The highest BCUT2D eigenvalue weighted by Crippen LogP contribution is 2.31. The molecule has 1 aromatic carbocycles. The van der Waals surface area contributed by atoms with Crippen molar-refractivity contribution in [1.29, 1.82) is 0 Å². The Morgan fingerprint density at radius 3 is 2.64 bits per heavy atom. The van der Waals surface area contributed by atoms with E-state index >= 15 is 0 Å². The SMILES string of the molecule is Cc1cc(C)n(-c2cccc(NC(=O)C3(CN)CCOCC3)c2)n1.Cl. The number of carbonyl (C=O) groups is 1. The van der Waals surface area contributed by atoms with Crippen molar-refractivity contribution in [2.24, 2.45) is 11.1 Å². The summed E-state index contributed by atoms with van der Waals surface area (Å²) in [7, 11) is 0. The quantitative estimate of drug-likeness (QED) is 0.873. The van der Waals surface area contributed by atoms with Crippen LogP contribution in [-0.4, -0.2) is 35.4 Å². The molecule has 1 aromatic heterocycles. The molecule has 2 heterocycles. The summed E-state index contributed by atoms with van der Waals surface area (Å²) in [6.07, 6.45) is 1.32. The van der Waals surface area contributed by atoms with E-state index in [1.165, 1.54) is 0 Å². The maximum Gasteiger partial charge on any atom is 0.232 e. The van der Waals surface area contributed by atoms with Gasteiger partial charge in [0.25, 0.3) is 0 Å². The van der Waals surface area contributed by atoms with Gasteiger partial charge in [-0.3, -0.25) is 4.79 Å². The highest BCUT2D eigenvalue weighted by atomic mass is 35.5. The first-order valence-corrected chi connectivity index (χ1v) is 8.27. The number of aromatic nitrogens is 2. The fraction of sp³-hybridized carbons (Fsp3) is 0.444. The first kappa shape index (κ1) is 19.4. The van der Waals surface area contributed by atoms with Gasteiger partial charge in [-0.1, -0.05) is 6.07 Å². The third-order valence-electron chi connectivity index (χ3n) is 4.68. The third kappa shape index (κ3) is 4.03. The summed E-state index contributed by atoms with van der Waals surface area (Å²) in [5.41, 5.74) is 9.07. The Labute approximate surface area is 154 Å². The van der Waals surface area contributed by atoms with E-state index in [1.807, 2.05) is 48.9 Å². The predicted octanol–water partition coefficient (Wildman–Crippen LogP) is 2.60. The van der Waals surface area contributed by atoms with E-state index in [9.17, 15) is 4.79 Å². The van der Waals surface area contributed by atoms with Gasteiger partial charge in [-0.05, 0) is 51.0 Å². The molecule has 136 valence electrons. The van der Waals surface area contributed by atoms with Crippen molar-refractivity contribution in [2.45, 2.75) is 26.7 Å². The lowest BCUT2D eigenvalue weighted by molar-refractivity contribution is -0.130. The summed E-state index contributed by atoms with van der Waals surface area (Å²) >= 11 is 0. The van der Waals surface area contributed by atoms with E-state index in [-0.39, 0.29) is 18.3 Å². The van der Waals surface area contributed by atoms with Gasteiger partial charge in [0.15, 0.2) is 0 Å². The first-order chi connectivity index (χ1) is 11.5. The summed E-state index contributed by atoms with van der Waals surface area (Å²) in [5, 5.41) is 7.51. The highest BCUT2D eigenvalue weighted by Gasteiger charge is 2.38. The van der Waals surface area contributed by atoms with E-state index in [0.29, 0.717) is 32.6 Å². The smallest absolute Gasteiger partial charge is 0.232 e. The minimum atomic E-state index is -0.535. The number of rotatable bonds is 4. The minimum Gasteiger partial charge on any atom is -0.381 e. The molecule has 0 saturated carbocycles. The predicted molar refractivity (Wildman–Crippen MR) is 100 cm³/mol. The van der Waals surface area contributed by atoms with Gasteiger partial charge in [0.2, 0.25) is 5.91 Å². The Morgan fingerprint density at radius 1 is 1.32 bits per heavy atom. The number of hydrogen-bond donors (Lipinski definition) is 2. The number of nitrogens with two attached hydrogens (primary N) is 1. The van der Waals surface area contributed by atoms with Crippen LogP contribution in [0, 0.1) is 19.3 Å². The molecule has 0 bridgehead atoms. The molecule has 7 heteroatoms. The van der Waals surface area contributed by atoms with E-state index in [1.54, 1.807) is 0 Å². The third-order valence-corrected chi connectivity index (χ3v) is 4.68. The van der Waals surface area contributed by atoms with E-state index in [2.05, 4.69) is 10.4 Å². The van der Waals surface area contributed by atoms with Crippen LogP contribution in [-0.2, 0) is 9.53 Å². The van der Waals surface area contributed by atoms with Crippen LogP contribution in [0.15, 0.2) is 30.3 Å². The standard InChI is InChI=1S/C18H24N4O2.ClH/c1-13-10-14(2)22(21-13)16-5-3-4-15(11-16)20-17(23)18(12-19)6-8-24-9-7-18;/h3-5,10-11H,6-9,12,19H2,1-2H3,(H,20,23);1H. The molecular weight excluding hydrogens is 340 g/mol. The molecule has 1 aliphatic rings. The number of hydrogen-bond acceptors (Lipinski definition) is 4. The molecule has 1 fully saturated rings. The second-order valence-corrected chi connectivity index (χ2v) is 6.44. The van der Waals surface area contributed by atoms with E-state index in [0.717, 1.165) is 22.8 Å². The van der Waals surface area contributed by atoms with E-state index in [4.69, 9.17) is 10.5 Å². The fourth-order valence-corrected chi connectivity index (χ4v) is 3.16. The number of carbonyl (C=O) groups excluding carboxylic acids is 1. The summed E-state index contributed by atoms with van der Waals surface area (Å²) in [6, 6.07) is 9.73. The number of amides is 1. The lowest BCUT2D eigenvalue weighted by Gasteiger charge is -2.34. The van der Waals surface area contributed by atoms with Crippen molar-refractivity contribution in [3.63, 3.8) is 0 Å². The summed E-state index contributed by atoms with van der Waals surface area (Å²) in [4.78, 5) is 12.8. The molecule has 0 atom stereocenters. The highest BCUT2D eigenvalue weighted by molar-refractivity contribution is 5.95. The minimum absolute atomic E-state index is 0. The Kier molecular flexibility index (Phi) is 6.21. The molecule has 1 saturated heterocycles. The van der Waals surface area contributed by atoms with Crippen LogP contribution in [0.4, 0.5) is 5.69 Å². The van der Waals surface area contributed by atoms with Crippen LogP contribution in [0.25, 0.3) is 5.69 Å². The average molecular weight is 365 g/mol. The molecule has 3 rings (SSSR count). The number of halogens is 1. The molecule has 25 heavy (non-hydrogen) atoms. The summed E-state index contributed by atoms with van der Waals surface area (Å²) in [5.74, 6) is -0.0289. The topological polar surface area (TPSA) is 82.2 Å². The molecule has 0 radical (unpaired) electrons. The molecule has 2 aromatic rings. The summed E-state index contributed by atoms with van der Waals surface area (Å²) < 4.78 is 7.25. The maximum absolute atomic E-state index is 12.8. The van der Waals surface area contributed by atoms with Crippen LogP contribution in [0.1, 0.15) is 24.2 Å². The van der Waals surface area contributed by atoms with E-state index < -0.39 is 5.41 Å². The molecule has 0 unspecified atom stereocenters. The average Bonchev–Trinajstić information content (AvgIpc) is 2.94. The van der Waals surface area contributed by atoms with Crippen LogP contribution in [0.5, 0.6) is 0 Å². The molecule has 0 spiro atoms. The van der Waals surface area contributed by atoms with Gasteiger partial charge in [-0.15, -0.1) is 12.4 Å². The van der Waals surface area contributed by atoms with Crippen LogP contribution < -0.4 is 11.1 Å². The van der Waals surface area contributed by atoms with Crippen LogP contribution in [0.3, 0.4) is 0 Å². The van der Waals surface area contributed by atoms with Crippen LogP contribution >= 0.6 is 12.4 Å². The number of nitrogens with one attached hydrogen (secondary N) is 1. The zero-order chi connectivity index (χ0) is 17.2. The monoisotopic (exact) mass is 364 g/mol. The van der Waals surface area contributed by atoms with Gasteiger partial charge >= 0.3 is 0 Å². The van der Waals surface area contributed by atoms with Gasteiger partial charge in [0.05, 0.1) is 16.8 Å². The van der Waals surface area contributed by atoms with Gasteiger partial charge in [0.1, 0.15) is 0 Å². The lowest BCUT2D eigenvalue weighted by Crippen LogP contribution is -2.46. The number of benzene rings is 1. The number of aryl methyl sites for hydroxylation is 2. The number of nitrogens with zero attached hydrogens (tertiary/aromatic N) is 2. The number of ether oxygens (including phenoxy) is 1. The van der Waals surface area contributed by atoms with Gasteiger partial charge in [0, 0.05) is 31.1 Å². The zero-order valence-electron chi connectivity index (χ0n) is 14.6. The summed E-state index contributed by atoms with van der Waals surface area (Å²) in [6.45, 7) is 5.47. The molecule has 3 N–H and O–H groups in total. The largest absolute Gasteiger partial charge is 0.381 e. The molecule has 1 amide bonds. The lowest BCUT2D eigenvalue weighted by atomic mass is 9.79. The van der Waals surface area contributed by atoms with Crippen molar-refractivity contribution in [1.82, 2.24) is 9.78 Å². The van der Waals surface area contributed by atoms with Gasteiger partial charge in [-0.2, -0.15) is 5.10 Å². The van der Waals surface area contributed by atoms with Crippen molar-refractivity contribution in [3.05, 3.63) is 41.7 Å². The normalized spacial score (nSPS) is 16.1. The second-order valence-electron chi connectivity index (χ2n) is 6.44. The fourth-order valence-electron chi connectivity index (χ4n) is 3.16. The van der Waals surface area contributed by atoms with Crippen molar-refractivity contribution in [3.8, 4) is 5.69 Å². The first-order valence-electron chi connectivity index (χ1n) is 8.27. The Hall–Kier alpha value is -1.89. The molecule has 1 aliphatic heterocycles. The van der Waals surface area contributed by atoms with Crippen molar-refractivity contribution < 1.29 is 9.53 Å². The Bertz CT molecular complexity index is 738. The maximum atomic E-state index is 12.8. The van der Waals surface area contributed by atoms with Crippen molar-refractivity contribution in [2.75, 3.05) is 25.1 Å². The zero-order valence-corrected chi connectivity index (χ0v) is 15.4.